The smallest absolute Gasteiger partial charge is 0.254 e. The van der Waals surface area contributed by atoms with E-state index in [4.69, 9.17) is 9.47 Å². The van der Waals surface area contributed by atoms with Crippen molar-refractivity contribution in [3.63, 3.8) is 0 Å². The van der Waals surface area contributed by atoms with Gasteiger partial charge in [-0.15, -0.1) is 0 Å². The lowest BCUT2D eigenvalue weighted by atomic mass is 9.79. The minimum absolute atomic E-state index is 0.0582. The molecule has 142 valence electrons. The highest BCUT2D eigenvalue weighted by Crippen LogP contribution is 2.42. The van der Waals surface area contributed by atoms with Gasteiger partial charge in [0.2, 0.25) is 0 Å². The average molecular weight is 368 g/mol. The second kappa shape index (κ2) is 7.66. The van der Waals surface area contributed by atoms with Crippen LogP contribution in [0.15, 0.2) is 48.7 Å². The maximum Gasteiger partial charge on any atom is 0.254 e. The van der Waals surface area contributed by atoms with Crippen molar-refractivity contribution in [2.75, 3.05) is 26.3 Å². The highest BCUT2D eigenvalue weighted by atomic mass is 16.5. The van der Waals surface area contributed by atoms with E-state index in [1.165, 1.54) is 6.07 Å². The summed E-state index contributed by atoms with van der Waals surface area (Å²) in [6, 6.07) is 12.3. The van der Waals surface area contributed by atoms with E-state index in [0.717, 1.165) is 25.1 Å². The summed E-state index contributed by atoms with van der Waals surface area (Å²) in [6.45, 7) is 3.12. The number of phenols is 1. The number of amides is 1. The van der Waals surface area contributed by atoms with Crippen LogP contribution in [-0.2, 0) is 16.1 Å². The number of aromatic nitrogens is 1. The topological polar surface area (TPSA) is 71.9 Å². The van der Waals surface area contributed by atoms with E-state index in [2.05, 4.69) is 4.98 Å². The van der Waals surface area contributed by atoms with Crippen LogP contribution >= 0.6 is 0 Å². The summed E-state index contributed by atoms with van der Waals surface area (Å²) in [5.41, 5.74) is 1.21. The first-order valence-corrected chi connectivity index (χ1v) is 9.36. The van der Waals surface area contributed by atoms with Crippen LogP contribution in [0.3, 0.4) is 0 Å². The summed E-state index contributed by atoms with van der Waals surface area (Å²) >= 11 is 0. The molecule has 1 amide bonds. The Balaban J connectivity index is 1.27. The predicted octanol–water partition coefficient (Wildman–Crippen LogP) is 2.63. The molecular formula is C21H24N2O4. The summed E-state index contributed by atoms with van der Waals surface area (Å²) in [5, 5.41) is 9.57. The van der Waals surface area contributed by atoms with Gasteiger partial charge in [-0.1, -0.05) is 12.1 Å². The number of nitrogens with zero attached hydrogens (tertiary/aromatic N) is 2. The highest BCUT2D eigenvalue weighted by molar-refractivity contribution is 5.95. The standard InChI is InChI=1S/C21H24N2O4/c24-19-6-3-4-16(12-19)20(25)23-14-21(15-23)17(8-11-27-21)7-10-26-13-18-5-1-2-9-22-18/h1-6,9,12,17,24H,7-8,10-11,13-15H2. The van der Waals surface area contributed by atoms with Crippen LogP contribution < -0.4 is 0 Å². The Kier molecular flexibility index (Phi) is 5.09. The summed E-state index contributed by atoms with van der Waals surface area (Å²) < 4.78 is 11.8. The number of benzene rings is 1. The number of rotatable bonds is 6. The molecule has 2 fully saturated rings. The number of hydrogen-bond donors (Lipinski definition) is 1. The zero-order valence-electron chi connectivity index (χ0n) is 15.2. The third-order valence-electron chi connectivity index (χ3n) is 5.48. The molecule has 2 aliphatic rings. The van der Waals surface area contributed by atoms with E-state index < -0.39 is 0 Å². The lowest BCUT2D eigenvalue weighted by Gasteiger charge is -2.50. The van der Waals surface area contributed by atoms with Crippen molar-refractivity contribution in [2.24, 2.45) is 5.92 Å². The summed E-state index contributed by atoms with van der Waals surface area (Å²) in [4.78, 5) is 18.6. The molecule has 6 heteroatoms. The monoisotopic (exact) mass is 368 g/mol. The van der Waals surface area contributed by atoms with Crippen LogP contribution in [0, 0.1) is 5.92 Å². The molecule has 2 saturated heterocycles. The lowest BCUT2D eigenvalue weighted by Crippen LogP contribution is -2.66. The SMILES string of the molecule is O=C(c1cccc(O)c1)N1CC2(C1)OCCC2CCOCc1ccccn1. The number of pyridine rings is 1. The minimum atomic E-state index is -0.235. The molecule has 2 aliphatic heterocycles. The average Bonchev–Trinajstić information content (AvgIpc) is 3.08. The summed E-state index contributed by atoms with van der Waals surface area (Å²) in [7, 11) is 0. The van der Waals surface area contributed by atoms with Gasteiger partial charge in [0.15, 0.2) is 0 Å². The number of ether oxygens (including phenoxy) is 2. The summed E-state index contributed by atoms with van der Waals surface area (Å²) in [6.07, 6.45) is 3.69. The Bertz CT molecular complexity index is 790. The number of carbonyl (C=O) groups excluding carboxylic acids is 1. The number of hydrogen-bond acceptors (Lipinski definition) is 5. The van der Waals surface area contributed by atoms with Gasteiger partial charge in [-0.05, 0) is 49.1 Å². The highest BCUT2D eigenvalue weighted by Gasteiger charge is 2.54. The molecule has 3 heterocycles. The molecular weight excluding hydrogens is 344 g/mol. The molecule has 0 saturated carbocycles. The van der Waals surface area contributed by atoms with Crippen molar-refractivity contribution in [1.82, 2.24) is 9.88 Å². The molecule has 27 heavy (non-hydrogen) atoms. The Morgan fingerprint density at radius 1 is 1.30 bits per heavy atom. The van der Waals surface area contributed by atoms with Crippen LogP contribution in [0.1, 0.15) is 28.9 Å². The van der Waals surface area contributed by atoms with Crippen molar-refractivity contribution >= 4 is 5.91 Å². The lowest BCUT2D eigenvalue weighted by molar-refractivity contribution is -0.120. The van der Waals surface area contributed by atoms with Crippen molar-refractivity contribution in [3.8, 4) is 5.75 Å². The molecule has 1 atom stereocenters. The van der Waals surface area contributed by atoms with Crippen LogP contribution in [0.2, 0.25) is 0 Å². The fourth-order valence-electron chi connectivity index (χ4n) is 3.99. The van der Waals surface area contributed by atoms with Gasteiger partial charge in [0.05, 0.1) is 25.4 Å². The van der Waals surface area contributed by atoms with Crippen LogP contribution in [0.4, 0.5) is 0 Å². The largest absolute Gasteiger partial charge is 0.508 e. The second-order valence-electron chi connectivity index (χ2n) is 7.27. The quantitative estimate of drug-likeness (QED) is 0.794. The first-order valence-electron chi connectivity index (χ1n) is 9.36. The third kappa shape index (κ3) is 3.82. The zero-order valence-corrected chi connectivity index (χ0v) is 15.2. The normalized spacial score (nSPS) is 20.6. The molecule has 2 aromatic rings. The fourth-order valence-corrected chi connectivity index (χ4v) is 3.99. The maximum absolute atomic E-state index is 12.6. The van der Waals surface area contributed by atoms with Gasteiger partial charge >= 0.3 is 0 Å². The Morgan fingerprint density at radius 2 is 2.19 bits per heavy atom. The van der Waals surface area contributed by atoms with E-state index in [-0.39, 0.29) is 17.3 Å². The van der Waals surface area contributed by atoms with Gasteiger partial charge in [0.1, 0.15) is 11.4 Å². The maximum atomic E-state index is 12.6. The molecule has 0 aliphatic carbocycles. The number of likely N-dealkylation sites (tertiary alicyclic amines) is 1. The minimum Gasteiger partial charge on any atom is -0.508 e. The molecule has 4 rings (SSSR count). The van der Waals surface area contributed by atoms with Crippen molar-refractivity contribution < 1.29 is 19.4 Å². The molecule has 1 N–H and O–H groups in total. The van der Waals surface area contributed by atoms with E-state index in [9.17, 15) is 9.90 Å². The predicted molar refractivity (Wildman–Crippen MR) is 99.3 cm³/mol. The van der Waals surface area contributed by atoms with Gasteiger partial charge in [-0.2, -0.15) is 0 Å². The fraction of sp³-hybridized carbons (Fsp3) is 0.429. The van der Waals surface area contributed by atoms with E-state index in [1.807, 2.05) is 18.2 Å². The number of aromatic hydroxyl groups is 1. The molecule has 1 aromatic heterocycles. The van der Waals surface area contributed by atoms with Gasteiger partial charge in [0, 0.05) is 25.0 Å². The Labute approximate surface area is 158 Å². The van der Waals surface area contributed by atoms with Crippen LogP contribution in [0.25, 0.3) is 0 Å². The van der Waals surface area contributed by atoms with Crippen molar-refractivity contribution in [3.05, 3.63) is 59.9 Å². The molecule has 1 unspecified atom stereocenters. The number of carbonyl (C=O) groups is 1. The second-order valence-corrected chi connectivity index (χ2v) is 7.27. The van der Waals surface area contributed by atoms with Gasteiger partial charge < -0.3 is 19.5 Å². The van der Waals surface area contributed by atoms with Crippen LogP contribution in [0.5, 0.6) is 5.75 Å². The van der Waals surface area contributed by atoms with Crippen LogP contribution in [-0.4, -0.2) is 52.8 Å². The van der Waals surface area contributed by atoms with Gasteiger partial charge in [-0.25, -0.2) is 0 Å². The molecule has 1 aromatic carbocycles. The first-order chi connectivity index (χ1) is 13.2. The molecule has 0 radical (unpaired) electrons. The van der Waals surface area contributed by atoms with Crippen molar-refractivity contribution in [1.29, 1.82) is 0 Å². The Hall–Kier alpha value is -2.44. The Morgan fingerprint density at radius 3 is 2.96 bits per heavy atom. The first kappa shape index (κ1) is 17.9. The van der Waals surface area contributed by atoms with E-state index in [0.29, 0.717) is 37.8 Å². The molecule has 0 bridgehead atoms. The summed E-state index contributed by atoms with van der Waals surface area (Å²) in [5.74, 6) is 0.447. The zero-order chi connectivity index (χ0) is 18.7. The molecule has 6 nitrogen and oxygen atoms in total. The van der Waals surface area contributed by atoms with Gasteiger partial charge in [0.25, 0.3) is 5.91 Å². The third-order valence-corrected chi connectivity index (χ3v) is 5.48. The van der Waals surface area contributed by atoms with E-state index in [1.54, 1.807) is 29.3 Å². The van der Waals surface area contributed by atoms with E-state index >= 15 is 0 Å². The number of phenolic OH excluding ortho intramolecular Hbond substituents is 1. The molecule has 1 spiro atoms. The van der Waals surface area contributed by atoms with Gasteiger partial charge in [-0.3, -0.25) is 9.78 Å². The van der Waals surface area contributed by atoms with Crippen molar-refractivity contribution in [2.45, 2.75) is 25.0 Å².